The van der Waals surface area contributed by atoms with Crippen LogP contribution in [0.25, 0.3) is 0 Å². The van der Waals surface area contributed by atoms with Crippen molar-refractivity contribution < 1.29 is 8.42 Å². The molecule has 2 rings (SSSR count). The minimum Gasteiger partial charge on any atom is -0.318 e. The third-order valence-corrected chi connectivity index (χ3v) is 5.91. The van der Waals surface area contributed by atoms with Gasteiger partial charge >= 0.3 is 0 Å². The topological polar surface area (TPSA) is 49.4 Å². The highest BCUT2D eigenvalue weighted by Gasteiger charge is 2.41. The highest BCUT2D eigenvalue weighted by atomic mass is 32.2. The summed E-state index contributed by atoms with van der Waals surface area (Å²) in [5.74, 6) is 0. The number of hydrogen-bond donors (Lipinski definition) is 1. The lowest BCUT2D eigenvalue weighted by molar-refractivity contribution is 0.182. The van der Waals surface area contributed by atoms with Gasteiger partial charge in [0.1, 0.15) is 0 Å². The molecule has 5 heteroatoms. The number of likely N-dealkylation sites (tertiary alicyclic amines) is 1. The van der Waals surface area contributed by atoms with Crippen molar-refractivity contribution >= 4 is 9.84 Å². The van der Waals surface area contributed by atoms with E-state index in [4.69, 9.17) is 0 Å². The molecular formula is C12H24N2O2S. The first-order chi connectivity index (χ1) is 8.04. The first-order valence-corrected chi connectivity index (χ1v) is 8.58. The van der Waals surface area contributed by atoms with Crippen LogP contribution in [-0.2, 0) is 9.84 Å². The predicted molar refractivity (Wildman–Crippen MR) is 69.9 cm³/mol. The van der Waals surface area contributed by atoms with Crippen LogP contribution in [0.2, 0.25) is 0 Å². The lowest BCUT2D eigenvalue weighted by Gasteiger charge is -2.33. The highest BCUT2D eigenvalue weighted by molar-refractivity contribution is 7.91. The first-order valence-electron chi connectivity index (χ1n) is 6.63. The number of hydrogen-bond acceptors (Lipinski definition) is 4. The van der Waals surface area contributed by atoms with Gasteiger partial charge in [0.2, 0.25) is 0 Å². The normalized spacial score (nSPS) is 35.5. The second-order valence-corrected chi connectivity index (χ2v) is 7.72. The molecule has 0 amide bonds. The molecule has 1 saturated carbocycles. The van der Waals surface area contributed by atoms with E-state index in [1.54, 1.807) is 0 Å². The third-order valence-electron chi connectivity index (χ3n) is 4.26. The number of nitrogens with one attached hydrogen (secondary N) is 1. The third kappa shape index (κ3) is 2.83. The van der Waals surface area contributed by atoms with Gasteiger partial charge in [-0.25, -0.2) is 8.42 Å². The molecule has 1 aliphatic heterocycles. The van der Waals surface area contributed by atoms with Gasteiger partial charge in [-0.2, -0.15) is 0 Å². The van der Waals surface area contributed by atoms with E-state index in [0.29, 0.717) is 6.04 Å². The zero-order valence-corrected chi connectivity index (χ0v) is 11.7. The molecule has 3 atom stereocenters. The number of sulfone groups is 1. The Kier molecular flexibility index (Phi) is 4.10. The summed E-state index contributed by atoms with van der Waals surface area (Å²) < 4.78 is 23.6. The van der Waals surface area contributed by atoms with Gasteiger partial charge in [0.05, 0.1) is 5.25 Å². The molecule has 100 valence electrons. The van der Waals surface area contributed by atoms with Crippen molar-refractivity contribution in [2.75, 3.05) is 26.4 Å². The van der Waals surface area contributed by atoms with Gasteiger partial charge in [-0.1, -0.05) is 6.42 Å². The van der Waals surface area contributed by atoms with Gasteiger partial charge in [-0.15, -0.1) is 0 Å². The maximum atomic E-state index is 11.8. The molecule has 0 aromatic heterocycles. The van der Waals surface area contributed by atoms with Crippen LogP contribution in [0.15, 0.2) is 0 Å². The van der Waals surface area contributed by atoms with Crippen molar-refractivity contribution in [2.24, 2.45) is 0 Å². The van der Waals surface area contributed by atoms with Crippen molar-refractivity contribution in [3.05, 3.63) is 0 Å². The smallest absolute Gasteiger partial charge is 0.151 e. The van der Waals surface area contributed by atoms with Crippen LogP contribution < -0.4 is 5.32 Å². The van der Waals surface area contributed by atoms with Crippen molar-refractivity contribution in [3.8, 4) is 0 Å². The maximum absolute atomic E-state index is 11.8. The Morgan fingerprint density at radius 1 is 1.24 bits per heavy atom. The summed E-state index contributed by atoms with van der Waals surface area (Å²) >= 11 is 0. The number of likely N-dealkylation sites (N-methyl/N-ethyl adjacent to an activating group) is 1. The Balaban J connectivity index is 2.10. The zero-order valence-electron chi connectivity index (χ0n) is 10.9. The predicted octanol–water partition coefficient (Wildman–Crippen LogP) is 0.636. The molecule has 0 bridgehead atoms. The lowest BCUT2D eigenvalue weighted by atomic mass is 10.1. The molecule has 1 aliphatic carbocycles. The quantitative estimate of drug-likeness (QED) is 0.806. The SMILES string of the molecule is CNCC1CCCN1C1CCCC1S(C)(=O)=O. The van der Waals surface area contributed by atoms with E-state index >= 15 is 0 Å². The molecule has 0 spiro atoms. The van der Waals surface area contributed by atoms with Crippen molar-refractivity contribution in [1.29, 1.82) is 0 Å². The van der Waals surface area contributed by atoms with Crippen LogP contribution >= 0.6 is 0 Å². The zero-order chi connectivity index (χ0) is 12.5. The fourth-order valence-electron chi connectivity index (χ4n) is 3.53. The van der Waals surface area contributed by atoms with Crippen LogP contribution in [-0.4, -0.2) is 57.0 Å². The first kappa shape index (κ1) is 13.3. The fraction of sp³-hybridized carbons (Fsp3) is 1.00. The summed E-state index contributed by atoms with van der Waals surface area (Å²) in [6, 6.07) is 0.804. The van der Waals surface area contributed by atoms with E-state index in [1.165, 1.54) is 19.1 Å². The molecule has 1 N–H and O–H groups in total. The van der Waals surface area contributed by atoms with Crippen molar-refractivity contribution in [2.45, 2.75) is 49.4 Å². The Hall–Kier alpha value is -0.130. The summed E-state index contributed by atoms with van der Waals surface area (Å²) in [5.41, 5.74) is 0. The Labute approximate surface area is 105 Å². The molecule has 3 unspecified atom stereocenters. The van der Waals surface area contributed by atoms with Crippen LogP contribution in [0.5, 0.6) is 0 Å². The molecule has 0 aromatic rings. The van der Waals surface area contributed by atoms with Gasteiger partial charge in [0.25, 0.3) is 0 Å². The summed E-state index contributed by atoms with van der Waals surface area (Å²) in [6.45, 7) is 2.05. The molecule has 0 aromatic carbocycles. The van der Waals surface area contributed by atoms with Crippen LogP contribution in [0.4, 0.5) is 0 Å². The van der Waals surface area contributed by atoms with E-state index in [-0.39, 0.29) is 11.3 Å². The molecule has 4 nitrogen and oxygen atoms in total. The van der Waals surface area contributed by atoms with Crippen LogP contribution in [0.3, 0.4) is 0 Å². The monoisotopic (exact) mass is 260 g/mol. The largest absolute Gasteiger partial charge is 0.318 e. The minimum atomic E-state index is -2.89. The van der Waals surface area contributed by atoms with Gasteiger partial charge in [-0.3, -0.25) is 4.90 Å². The van der Waals surface area contributed by atoms with Crippen LogP contribution in [0, 0.1) is 0 Å². The number of rotatable bonds is 4. The Morgan fingerprint density at radius 2 is 2.00 bits per heavy atom. The fourth-order valence-corrected chi connectivity index (χ4v) is 4.99. The van der Waals surface area contributed by atoms with E-state index < -0.39 is 9.84 Å². The Morgan fingerprint density at radius 3 is 2.65 bits per heavy atom. The molecular weight excluding hydrogens is 236 g/mol. The average molecular weight is 260 g/mol. The summed E-state index contributed by atoms with van der Waals surface area (Å²) in [7, 11) is -0.918. The van der Waals surface area contributed by atoms with Gasteiger partial charge in [0, 0.05) is 24.9 Å². The van der Waals surface area contributed by atoms with Crippen molar-refractivity contribution in [3.63, 3.8) is 0 Å². The summed E-state index contributed by atoms with van der Waals surface area (Å²) in [5, 5.41) is 3.10. The molecule has 1 saturated heterocycles. The van der Waals surface area contributed by atoms with E-state index in [0.717, 1.165) is 32.4 Å². The molecule has 2 fully saturated rings. The highest BCUT2D eigenvalue weighted by Crippen LogP contribution is 2.33. The lowest BCUT2D eigenvalue weighted by Crippen LogP contribution is -2.48. The minimum absolute atomic E-state index is 0.125. The average Bonchev–Trinajstić information content (AvgIpc) is 2.82. The second-order valence-electron chi connectivity index (χ2n) is 5.46. The number of nitrogens with zero attached hydrogens (tertiary/aromatic N) is 1. The molecule has 0 radical (unpaired) electrons. The molecule has 17 heavy (non-hydrogen) atoms. The van der Waals surface area contributed by atoms with E-state index in [9.17, 15) is 8.42 Å². The Bertz CT molecular complexity index is 356. The van der Waals surface area contributed by atoms with Gasteiger partial charge in [-0.05, 0) is 39.3 Å². The van der Waals surface area contributed by atoms with Gasteiger partial charge < -0.3 is 5.32 Å². The van der Waals surface area contributed by atoms with E-state index in [2.05, 4.69) is 10.2 Å². The van der Waals surface area contributed by atoms with Gasteiger partial charge in [0.15, 0.2) is 9.84 Å². The summed E-state index contributed by atoms with van der Waals surface area (Å²) in [6.07, 6.45) is 6.78. The van der Waals surface area contributed by atoms with E-state index in [1.807, 2.05) is 7.05 Å². The maximum Gasteiger partial charge on any atom is 0.151 e. The summed E-state index contributed by atoms with van der Waals surface area (Å²) in [4.78, 5) is 2.45. The molecule has 2 aliphatic rings. The molecule has 1 heterocycles. The van der Waals surface area contributed by atoms with Crippen molar-refractivity contribution in [1.82, 2.24) is 10.2 Å². The van der Waals surface area contributed by atoms with Crippen LogP contribution in [0.1, 0.15) is 32.1 Å². The standard InChI is InChI=1S/C12H24N2O2S/c1-13-9-10-5-4-8-14(10)11-6-3-7-12(11)17(2,15)16/h10-13H,3-9H2,1-2H3. The second kappa shape index (κ2) is 5.24.